The monoisotopic (exact) mass is 268 g/mol. The second kappa shape index (κ2) is 5.28. The Morgan fingerprint density at radius 1 is 1.20 bits per heavy atom. The molecule has 0 saturated heterocycles. The number of para-hydroxylation sites is 1. The third-order valence-electron chi connectivity index (χ3n) is 3.32. The lowest BCUT2D eigenvalue weighted by molar-refractivity contribution is 0.410. The molecule has 3 aromatic rings. The number of benzene rings is 1. The number of hydrogen-bond acceptors (Lipinski definition) is 3. The van der Waals surface area contributed by atoms with Gasteiger partial charge in [-0.05, 0) is 18.1 Å². The standard InChI is InChI=1S/C15H16N4O/c1-12(8-18-7-6-16-10-18)9-19-11-17-14-5-3-2-4-13(14)15(19)20/h2-7,10-12H,8-9H2,1H3. The Balaban J connectivity index is 1.84. The molecule has 20 heavy (non-hydrogen) atoms. The molecule has 1 aromatic carbocycles. The van der Waals surface area contributed by atoms with Gasteiger partial charge in [0.2, 0.25) is 0 Å². The van der Waals surface area contributed by atoms with E-state index in [1.165, 1.54) is 0 Å². The zero-order chi connectivity index (χ0) is 13.9. The Bertz CT molecular complexity index is 761. The summed E-state index contributed by atoms with van der Waals surface area (Å²) in [6, 6.07) is 7.43. The molecule has 0 aliphatic heterocycles. The summed E-state index contributed by atoms with van der Waals surface area (Å²) >= 11 is 0. The van der Waals surface area contributed by atoms with Crippen LogP contribution in [0.2, 0.25) is 0 Å². The lowest BCUT2D eigenvalue weighted by Crippen LogP contribution is -2.25. The van der Waals surface area contributed by atoms with Gasteiger partial charge in [0.05, 0.1) is 23.6 Å². The molecule has 0 fully saturated rings. The van der Waals surface area contributed by atoms with Crippen LogP contribution in [0.1, 0.15) is 6.92 Å². The third-order valence-corrected chi connectivity index (χ3v) is 3.32. The molecule has 0 aliphatic rings. The van der Waals surface area contributed by atoms with Gasteiger partial charge in [0.1, 0.15) is 0 Å². The van der Waals surface area contributed by atoms with E-state index in [1.807, 2.05) is 35.0 Å². The second-order valence-corrected chi connectivity index (χ2v) is 5.08. The van der Waals surface area contributed by atoms with Crippen molar-refractivity contribution in [1.29, 1.82) is 0 Å². The van der Waals surface area contributed by atoms with Gasteiger partial charge in [0.15, 0.2) is 0 Å². The first-order valence-electron chi connectivity index (χ1n) is 6.64. The molecule has 0 bridgehead atoms. The molecule has 2 aromatic heterocycles. The first-order valence-corrected chi connectivity index (χ1v) is 6.64. The van der Waals surface area contributed by atoms with Crippen molar-refractivity contribution < 1.29 is 0 Å². The van der Waals surface area contributed by atoms with E-state index in [9.17, 15) is 4.79 Å². The Hall–Kier alpha value is -2.43. The first-order chi connectivity index (χ1) is 9.74. The van der Waals surface area contributed by atoms with Gasteiger partial charge in [-0.1, -0.05) is 19.1 Å². The van der Waals surface area contributed by atoms with Crippen LogP contribution in [0.25, 0.3) is 10.9 Å². The van der Waals surface area contributed by atoms with E-state index in [4.69, 9.17) is 0 Å². The molecule has 5 nitrogen and oxygen atoms in total. The third kappa shape index (κ3) is 2.47. The van der Waals surface area contributed by atoms with Crippen LogP contribution in [0.15, 0.2) is 54.1 Å². The predicted octanol–water partition coefficient (Wildman–Crippen LogP) is 1.93. The van der Waals surface area contributed by atoms with Crippen molar-refractivity contribution >= 4 is 10.9 Å². The summed E-state index contributed by atoms with van der Waals surface area (Å²) in [5.41, 5.74) is 0.768. The van der Waals surface area contributed by atoms with Gasteiger partial charge < -0.3 is 4.57 Å². The Labute approximate surface area is 116 Å². The minimum Gasteiger partial charge on any atom is -0.337 e. The Morgan fingerprint density at radius 2 is 2.05 bits per heavy atom. The molecule has 0 amide bonds. The van der Waals surface area contributed by atoms with E-state index in [0.29, 0.717) is 17.8 Å². The van der Waals surface area contributed by atoms with Crippen LogP contribution in [-0.4, -0.2) is 19.1 Å². The molecular weight excluding hydrogens is 252 g/mol. The van der Waals surface area contributed by atoms with E-state index in [2.05, 4.69) is 16.9 Å². The summed E-state index contributed by atoms with van der Waals surface area (Å²) in [4.78, 5) is 20.7. The van der Waals surface area contributed by atoms with Crippen molar-refractivity contribution in [3.8, 4) is 0 Å². The van der Waals surface area contributed by atoms with Crippen molar-refractivity contribution in [3.05, 3.63) is 59.7 Å². The summed E-state index contributed by atoms with van der Waals surface area (Å²) < 4.78 is 3.70. The highest BCUT2D eigenvalue weighted by atomic mass is 16.1. The van der Waals surface area contributed by atoms with Gasteiger partial charge in [-0.25, -0.2) is 9.97 Å². The zero-order valence-corrected chi connectivity index (χ0v) is 11.3. The highest BCUT2D eigenvalue weighted by molar-refractivity contribution is 5.76. The van der Waals surface area contributed by atoms with Gasteiger partial charge in [-0.3, -0.25) is 9.36 Å². The lowest BCUT2D eigenvalue weighted by Gasteiger charge is -2.14. The molecule has 0 spiro atoms. The minimum atomic E-state index is 0.0214. The van der Waals surface area contributed by atoms with Crippen LogP contribution >= 0.6 is 0 Å². The zero-order valence-electron chi connectivity index (χ0n) is 11.3. The van der Waals surface area contributed by atoms with Gasteiger partial charge >= 0.3 is 0 Å². The fourth-order valence-electron chi connectivity index (χ4n) is 2.38. The number of hydrogen-bond donors (Lipinski definition) is 0. The molecule has 0 N–H and O–H groups in total. The van der Waals surface area contributed by atoms with Crippen molar-refractivity contribution in [3.63, 3.8) is 0 Å². The topological polar surface area (TPSA) is 52.7 Å². The summed E-state index contributed by atoms with van der Waals surface area (Å²) in [5.74, 6) is 0.324. The minimum absolute atomic E-state index is 0.0214. The van der Waals surface area contributed by atoms with E-state index >= 15 is 0 Å². The van der Waals surface area contributed by atoms with Gasteiger partial charge in [0, 0.05) is 25.5 Å². The molecule has 0 saturated carbocycles. The van der Waals surface area contributed by atoms with Gasteiger partial charge in [-0.15, -0.1) is 0 Å². The number of fused-ring (bicyclic) bond motifs is 1. The normalized spacial score (nSPS) is 12.7. The number of rotatable bonds is 4. The highest BCUT2D eigenvalue weighted by Crippen LogP contribution is 2.07. The first kappa shape index (κ1) is 12.6. The maximum atomic E-state index is 12.4. The average Bonchev–Trinajstić information content (AvgIpc) is 2.95. The molecule has 1 atom stereocenters. The SMILES string of the molecule is CC(Cn1ccnc1)Cn1cnc2ccccc2c1=O. The number of imidazole rings is 1. The fraction of sp³-hybridized carbons (Fsp3) is 0.267. The molecule has 0 radical (unpaired) electrons. The largest absolute Gasteiger partial charge is 0.337 e. The summed E-state index contributed by atoms with van der Waals surface area (Å²) in [6.07, 6.45) is 7.11. The maximum Gasteiger partial charge on any atom is 0.261 e. The van der Waals surface area contributed by atoms with E-state index < -0.39 is 0 Å². The average molecular weight is 268 g/mol. The van der Waals surface area contributed by atoms with Crippen molar-refractivity contribution in [2.24, 2.45) is 5.92 Å². The van der Waals surface area contributed by atoms with Crippen molar-refractivity contribution in [2.45, 2.75) is 20.0 Å². The number of nitrogens with zero attached hydrogens (tertiary/aromatic N) is 4. The highest BCUT2D eigenvalue weighted by Gasteiger charge is 2.08. The van der Waals surface area contributed by atoms with Crippen LogP contribution in [-0.2, 0) is 13.1 Å². The molecule has 3 rings (SSSR count). The Kier molecular flexibility index (Phi) is 3.33. The second-order valence-electron chi connectivity index (χ2n) is 5.08. The van der Waals surface area contributed by atoms with Crippen molar-refractivity contribution in [2.75, 3.05) is 0 Å². The molecule has 102 valence electrons. The van der Waals surface area contributed by atoms with E-state index in [0.717, 1.165) is 12.1 Å². The molecule has 2 heterocycles. The van der Waals surface area contributed by atoms with Crippen LogP contribution in [0.4, 0.5) is 0 Å². The molecule has 1 unspecified atom stereocenters. The summed E-state index contributed by atoms with van der Waals surface area (Å²) in [6.45, 7) is 3.59. The fourth-order valence-corrected chi connectivity index (χ4v) is 2.38. The number of aromatic nitrogens is 4. The molecule has 5 heteroatoms. The van der Waals surface area contributed by atoms with Gasteiger partial charge in [0.25, 0.3) is 5.56 Å². The summed E-state index contributed by atoms with van der Waals surface area (Å²) in [7, 11) is 0. The van der Waals surface area contributed by atoms with Gasteiger partial charge in [-0.2, -0.15) is 0 Å². The lowest BCUT2D eigenvalue weighted by atomic mass is 10.1. The smallest absolute Gasteiger partial charge is 0.261 e. The van der Waals surface area contributed by atoms with Crippen molar-refractivity contribution in [1.82, 2.24) is 19.1 Å². The predicted molar refractivity (Wildman–Crippen MR) is 77.4 cm³/mol. The Morgan fingerprint density at radius 3 is 2.85 bits per heavy atom. The van der Waals surface area contributed by atoms with Crippen LogP contribution < -0.4 is 5.56 Å². The van der Waals surface area contributed by atoms with Crippen LogP contribution in [0.3, 0.4) is 0 Å². The van der Waals surface area contributed by atoms with E-state index in [-0.39, 0.29) is 5.56 Å². The molecule has 0 aliphatic carbocycles. The molecular formula is C15H16N4O. The van der Waals surface area contributed by atoms with E-state index in [1.54, 1.807) is 23.4 Å². The quantitative estimate of drug-likeness (QED) is 0.726. The summed E-state index contributed by atoms with van der Waals surface area (Å²) in [5, 5.41) is 0.671. The van der Waals surface area contributed by atoms with Crippen LogP contribution in [0.5, 0.6) is 0 Å². The van der Waals surface area contributed by atoms with Crippen LogP contribution in [0, 0.1) is 5.92 Å². The maximum absolute atomic E-state index is 12.4.